The molecule has 212 valence electrons. The summed E-state index contributed by atoms with van der Waals surface area (Å²) in [6, 6.07) is 4.80. The third-order valence-corrected chi connectivity index (χ3v) is 11.5. The van der Waals surface area contributed by atoms with Gasteiger partial charge < -0.3 is 9.64 Å². The maximum atomic E-state index is 14.2. The number of pyridine rings is 1. The van der Waals surface area contributed by atoms with E-state index in [1.54, 1.807) is 4.31 Å². The number of carbonyl (C=O) groups is 1. The van der Waals surface area contributed by atoms with Crippen molar-refractivity contribution in [2.24, 2.45) is 0 Å². The van der Waals surface area contributed by atoms with Gasteiger partial charge in [-0.2, -0.15) is 0 Å². The number of piperidine rings is 2. The number of amides is 1. The lowest BCUT2D eigenvalue weighted by atomic mass is 9.93. The second-order valence-electron chi connectivity index (χ2n) is 11.5. The molecule has 1 aromatic rings. The Balaban J connectivity index is 1.25. The molecule has 3 aliphatic heterocycles. The minimum atomic E-state index is -3.90. The van der Waals surface area contributed by atoms with E-state index in [0.717, 1.165) is 50.6 Å². The van der Waals surface area contributed by atoms with Gasteiger partial charge in [-0.05, 0) is 75.8 Å². The van der Waals surface area contributed by atoms with Crippen LogP contribution in [0.25, 0.3) is 0 Å². The molecule has 4 heterocycles. The summed E-state index contributed by atoms with van der Waals surface area (Å²) in [6.07, 6.45) is 11.7. The third-order valence-electron chi connectivity index (χ3n) is 8.88. The molecule has 9 nitrogen and oxygen atoms in total. The van der Waals surface area contributed by atoms with Gasteiger partial charge in [0.1, 0.15) is 0 Å². The number of hydrogen-bond donors (Lipinski definition) is 1. The molecular formula is C28H44N4O5S. The molecule has 5 rings (SSSR count). The molecule has 0 radical (unpaired) electrons. The van der Waals surface area contributed by atoms with E-state index in [1.807, 2.05) is 6.20 Å². The Morgan fingerprint density at radius 2 is 1.87 bits per heavy atom. The number of nitrogens with zero attached hydrogens (tertiary/aromatic N) is 3. The Kier molecular flexibility index (Phi) is 9.04. The number of nitrogens with one attached hydrogen (secondary N) is 1. The molecule has 4 aliphatic rings. The molecule has 1 atom stereocenters. The molecule has 4 fully saturated rings. The van der Waals surface area contributed by atoms with Gasteiger partial charge in [0.2, 0.25) is 10.0 Å². The van der Waals surface area contributed by atoms with Crippen molar-refractivity contribution in [3.8, 4) is 0 Å². The molecule has 1 aliphatic carbocycles. The molecular weight excluding hydrogens is 504 g/mol. The highest BCUT2D eigenvalue weighted by Gasteiger charge is 2.56. The molecule has 1 amide bonds. The summed E-state index contributed by atoms with van der Waals surface area (Å²) < 4.78 is 34.0. The first kappa shape index (κ1) is 28.0. The Hall–Kier alpha value is -1.59. The van der Waals surface area contributed by atoms with Gasteiger partial charge in [-0.1, -0.05) is 19.4 Å². The molecule has 38 heavy (non-hydrogen) atoms. The predicted molar refractivity (Wildman–Crippen MR) is 145 cm³/mol. The smallest absolute Gasteiger partial charge is 0.266 e. The lowest BCUT2D eigenvalue weighted by Crippen LogP contribution is -2.63. The largest absolute Gasteiger partial charge is 0.350 e. The number of carbonyl (C=O) groups excluding carboxylic acids is 1. The van der Waals surface area contributed by atoms with Gasteiger partial charge in [-0.25, -0.2) is 23.0 Å². The van der Waals surface area contributed by atoms with E-state index in [2.05, 4.69) is 29.4 Å². The van der Waals surface area contributed by atoms with E-state index >= 15 is 0 Å². The standard InChI is InChI=1S/C28H44N4O5S/c1-2-3-6-22-8-11-25(29-21-22)23-12-16-32(17-13-23)38(34,35)28(14-18-31(19-15-28)24-9-10-24)27(33)30-37-26-7-4-5-20-36-26/h8,11,21,23-24,26H,2-7,9-10,12-20H2,1H3,(H,30,33). The summed E-state index contributed by atoms with van der Waals surface area (Å²) in [7, 11) is -3.90. The first-order chi connectivity index (χ1) is 18.4. The van der Waals surface area contributed by atoms with Crippen LogP contribution in [0.3, 0.4) is 0 Å². The van der Waals surface area contributed by atoms with E-state index in [-0.39, 0.29) is 18.8 Å². The molecule has 0 aromatic carbocycles. The number of rotatable bonds is 10. The first-order valence-corrected chi connectivity index (χ1v) is 16.1. The second-order valence-corrected chi connectivity index (χ2v) is 13.7. The van der Waals surface area contributed by atoms with Gasteiger partial charge >= 0.3 is 0 Å². The van der Waals surface area contributed by atoms with Crippen LogP contribution in [0.2, 0.25) is 0 Å². The van der Waals surface area contributed by atoms with Crippen LogP contribution in [0.5, 0.6) is 0 Å². The number of hydrogen-bond acceptors (Lipinski definition) is 7. The van der Waals surface area contributed by atoms with Crippen molar-refractivity contribution < 1.29 is 22.8 Å². The Labute approximate surface area is 227 Å². The fraction of sp³-hybridized carbons (Fsp3) is 0.786. The summed E-state index contributed by atoms with van der Waals surface area (Å²) in [6.45, 7) is 4.81. The van der Waals surface area contributed by atoms with Crippen molar-refractivity contribution in [2.45, 2.75) is 107 Å². The fourth-order valence-electron chi connectivity index (χ4n) is 6.15. The summed E-state index contributed by atoms with van der Waals surface area (Å²) in [4.78, 5) is 26.2. The van der Waals surface area contributed by atoms with Crippen molar-refractivity contribution >= 4 is 15.9 Å². The van der Waals surface area contributed by atoms with Crippen LogP contribution in [0.1, 0.15) is 94.7 Å². The molecule has 0 bridgehead atoms. The summed E-state index contributed by atoms with van der Waals surface area (Å²) in [5, 5.41) is 0. The van der Waals surface area contributed by atoms with Crippen LogP contribution >= 0.6 is 0 Å². The number of ether oxygens (including phenoxy) is 1. The fourth-order valence-corrected chi connectivity index (χ4v) is 8.31. The van der Waals surface area contributed by atoms with E-state index in [1.165, 1.54) is 5.56 Å². The maximum Gasteiger partial charge on any atom is 0.266 e. The monoisotopic (exact) mass is 548 g/mol. The normalized spacial score (nSPS) is 25.8. The molecule has 1 N–H and O–H groups in total. The van der Waals surface area contributed by atoms with Gasteiger partial charge in [-0.15, -0.1) is 0 Å². The second kappa shape index (κ2) is 12.3. The molecule has 0 spiro atoms. The highest BCUT2D eigenvalue weighted by molar-refractivity contribution is 7.91. The molecule has 3 saturated heterocycles. The maximum absolute atomic E-state index is 14.2. The summed E-state index contributed by atoms with van der Waals surface area (Å²) >= 11 is 0. The van der Waals surface area contributed by atoms with Gasteiger partial charge in [-0.3, -0.25) is 9.78 Å². The zero-order valence-corrected chi connectivity index (χ0v) is 23.6. The third kappa shape index (κ3) is 6.09. The quantitative estimate of drug-likeness (QED) is 0.447. The number of sulfonamides is 1. The first-order valence-electron chi connectivity index (χ1n) is 14.7. The minimum absolute atomic E-state index is 0.231. The highest BCUT2D eigenvalue weighted by Crippen LogP contribution is 2.40. The van der Waals surface area contributed by atoms with Crippen LogP contribution in [0.15, 0.2) is 18.3 Å². The molecule has 1 saturated carbocycles. The average Bonchev–Trinajstić information content (AvgIpc) is 3.81. The number of aromatic nitrogens is 1. The van der Waals surface area contributed by atoms with Crippen LogP contribution < -0.4 is 5.48 Å². The van der Waals surface area contributed by atoms with Crippen LogP contribution in [0, 0.1) is 0 Å². The van der Waals surface area contributed by atoms with Crippen molar-refractivity contribution in [3.63, 3.8) is 0 Å². The van der Waals surface area contributed by atoms with Crippen molar-refractivity contribution in [1.29, 1.82) is 0 Å². The zero-order chi connectivity index (χ0) is 26.6. The highest BCUT2D eigenvalue weighted by atomic mass is 32.2. The molecule has 1 unspecified atom stereocenters. The van der Waals surface area contributed by atoms with E-state index in [9.17, 15) is 13.2 Å². The van der Waals surface area contributed by atoms with Crippen LogP contribution in [0.4, 0.5) is 0 Å². The lowest BCUT2D eigenvalue weighted by molar-refractivity contribution is -0.202. The Morgan fingerprint density at radius 1 is 1.11 bits per heavy atom. The summed E-state index contributed by atoms with van der Waals surface area (Å²) in [5.74, 6) is -0.316. The van der Waals surface area contributed by atoms with Crippen LogP contribution in [-0.2, 0) is 30.8 Å². The SMILES string of the molecule is CCCCc1ccc(C2CCN(S(=O)(=O)C3(C(=O)NOC4CCCCO4)CCN(C4CC4)CC3)CC2)nc1. The molecule has 10 heteroatoms. The van der Waals surface area contributed by atoms with Crippen molar-refractivity contribution in [2.75, 3.05) is 32.8 Å². The van der Waals surface area contributed by atoms with Gasteiger partial charge in [0.25, 0.3) is 5.91 Å². The number of hydroxylamine groups is 1. The average molecular weight is 549 g/mol. The number of aryl methyl sites for hydroxylation is 1. The minimum Gasteiger partial charge on any atom is -0.350 e. The predicted octanol–water partition coefficient (Wildman–Crippen LogP) is 3.50. The van der Waals surface area contributed by atoms with E-state index in [0.29, 0.717) is 58.1 Å². The van der Waals surface area contributed by atoms with Crippen molar-refractivity contribution in [1.82, 2.24) is 19.7 Å². The molecule has 1 aromatic heterocycles. The number of likely N-dealkylation sites (tertiary alicyclic amines) is 1. The Bertz CT molecular complexity index is 1020. The van der Waals surface area contributed by atoms with E-state index in [4.69, 9.17) is 14.6 Å². The number of unbranched alkanes of at least 4 members (excludes halogenated alkanes) is 1. The van der Waals surface area contributed by atoms with Crippen molar-refractivity contribution in [3.05, 3.63) is 29.6 Å². The summed E-state index contributed by atoms with van der Waals surface area (Å²) in [5.41, 5.74) is 4.81. The van der Waals surface area contributed by atoms with Gasteiger partial charge in [0, 0.05) is 63.1 Å². The van der Waals surface area contributed by atoms with E-state index < -0.39 is 27.0 Å². The zero-order valence-electron chi connectivity index (χ0n) is 22.8. The van der Waals surface area contributed by atoms with Crippen LogP contribution in [-0.4, -0.2) is 78.4 Å². The van der Waals surface area contributed by atoms with Gasteiger partial charge in [0.15, 0.2) is 11.0 Å². The van der Waals surface area contributed by atoms with Gasteiger partial charge in [0.05, 0.1) is 0 Å². The Morgan fingerprint density at radius 3 is 2.47 bits per heavy atom. The topological polar surface area (TPSA) is 101 Å². The lowest BCUT2D eigenvalue weighted by Gasteiger charge is -2.43.